The van der Waals surface area contributed by atoms with Crippen molar-refractivity contribution in [2.24, 2.45) is 0 Å². The Labute approximate surface area is 102 Å². The molecule has 17 heavy (non-hydrogen) atoms. The Bertz CT molecular complexity index is 573. The van der Waals surface area contributed by atoms with Crippen molar-refractivity contribution in [1.29, 1.82) is 0 Å². The number of carboxylic acid groups (broad SMARTS) is 1. The number of carbonyl (C=O) groups is 1. The summed E-state index contributed by atoms with van der Waals surface area (Å²) in [6.07, 6.45) is 6.35. The van der Waals surface area contributed by atoms with E-state index in [1.165, 1.54) is 24.2 Å². The number of rotatable bonds is 2. The zero-order valence-corrected chi connectivity index (χ0v) is 10.0. The van der Waals surface area contributed by atoms with E-state index in [0.29, 0.717) is 10.8 Å². The van der Waals surface area contributed by atoms with E-state index < -0.39 is 5.97 Å². The van der Waals surface area contributed by atoms with E-state index in [0.717, 1.165) is 28.8 Å². The van der Waals surface area contributed by atoms with Crippen LogP contribution in [0.25, 0.3) is 10.2 Å². The molecule has 0 bridgehead atoms. The highest BCUT2D eigenvalue weighted by atomic mass is 32.1. The Morgan fingerprint density at radius 1 is 1.35 bits per heavy atom. The van der Waals surface area contributed by atoms with Crippen LogP contribution in [-0.4, -0.2) is 21.0 Å². The van der Waals surface area contributed by atoms with E-state index in [-0.39, 0.29) is 0 Å². The van der Waals surface area contributed by atoms with E-state index in [4.69, 9.17) is 5.11 Å². The van der Waals surface area contributed by atoms with E-state index >= 15 is 0 Å². The average Bonchev–Trinajstić information content (AvgIpc) is 2.97. The summed E-state index contributed by atoms with van der Waals surface area (Å²) in [5.41, 5.74) is 1.04. The maximum absolute atomic E-state index is 11.0. The summed E-state index contributed by atoms with van der Waals surface area (Å²) < 4.78 is 0. The topological polar surface area (TPSA) is 63.1 Å². The van der Waals surface area contributed by atoms with Gasteiger partial charge in [-0.05, 0) is 18.9 Å². The molecule has 0 radical (unpaired) electrons. The van der Waals surface area contributed by atoms with Gasteiger partial charge in [-0.25, -0.2) is 14.8 Å². The van der Waals surface area contributed by atoms with Gasteiger partial charge in [0, 0.05) is 11.3 Å². The fraction of sp³-hybridized carbons (Fsp3) is 0.417. The summed E-state index contributed by atoms with van der Waals surface area (Å²) in [5.74, 6) is -0.401. The van der Waals surface area contributed by atoms with Crippen molar-refractivity contribution in [3.63, 3.8) is 0 Å². The van der Waals surface area contributed by atoms with Crippen LogP contribution >= 0.6 is 11.3 Å². The predicted molar refractivity (Wildman–Crippen MR) is 65.6 cm³/mol. The minimum absolute atomic E-state index is 0.347. The summed E-state index contributed by atoms with van der Waals surface area (Å²) in [7, 11) is 0. The molecule has 1 aliphatic carbocycles. The van der Waals surface area contributed by atoms with E-state index in [1.54, 1.807) is 12.4 Å². The molecule has 3 rings (SSSR count). The molecular formula is C12H12N2O2S. The summed E-state index contributed by atoms with van der Waals surface area (Å²) in [5, 5.41) is 9.94. The van der Waals surface area contributed by atoms with Gasteiger partial charge < -0.3 is 5.11 Å². The first-order chi connectivity index (χ1) is 8.25. The van der Waals surface area contributed by atoms with Crippen molar-refractivity contribution in [2.75, 3.05) is 0 Å². The van der Waals surface area contributed by atoms with Crippen molar-refractivity contribution < 1.29 is 9.90 Å². The van der Waals surface area contributed by atoms with Crippen LogP contribution in [0.1, 0.15) is 47.0 Å². The second kappa shape index (κ2) is 4.07. The van der Waals surface area contributed by atoms with Gasteiger partial charge in [-0.15, -0.1) is 11.3 Å². The number of thiophene rings is 1. The first-order valence-corrected chi connectivity index (χ1v) is 6.55. The predicted octanol–water partition coefficient (Wildman–Crippen LogP) is 3.05. The first-order valence-electron chi connectivity index (χ1n) is 5.73. The number of aromatic nitrogens is 2. The van der Waals surface area contributed by atoms with Gasteiger partial charge in [-0.2, -0.15) is 0 Å². The van der Waals surface area contributed by atoms with Crippen LogP contribution in [-0.2, 0) is 0 Å². The quantitative estimate of drug-likeness (QED) is 0.887. The molecule has 0 spiro atoms. The number of carboxylic acids is 1. The highest BCUT2D eigenvalue weighted by Crippen LogP contribution is 2.37. The normalized spacial score (nSPS) is 16.7. The Kier molecular flexibility index (Phi) is 2.55. The number of fused-ring (bicyclic) bond motifs is 1. The molecule has 0 unspecified atom stereocenters. The molecule has 1 fully saturated rings. The maximum Gasteiger partial charge on any atom is 0.345 e. The Morgan fingerprint density at radius 3 is 2.82 bits per heavy atom. The minimum atomic E-state index is -0.884. The van der Waals surface area contributed by atoms with Crippen LogP contribution in [0.5, 0.6) is 0 Å². The standard InChI is InChI=1S/C12H12N2O2S/c15-12(16)9-5-8-10(7-3-1-2-4-7)13-6-14-11(8)17-9/h5-7H,1-4H2,(H,15,16). The van der Waals surface area contributed by atoms with Gasteiger partial charge in [0.05, 0.1) is 5.69 Å². The Hall–Kier alpha value is -1.49. The summed E-state index contributed by atoms with van der Waals surface area (Å²) >= 11 is 1.23. The fourth-order valence-corrected chi connectivity index (χ4v) is 3.35. The first kappa shape index (κ1) is 10.7. The van der Waals surface area contributed by atoms with Crippen molar-refractivity contribution >= 4 is 27.5 Å². The highest BCUT2D eigenvalue weighted by Gasteiger charge is 2.22. The van der Waals surface area contributed by atoms with Crippen LogP contribution in [0.15, 0.2) is 12.4 Å². The van der Waals surface area contributed by atoms with Crippen LogP contribution in [0.3, 0.4) is 0 Å². The van der Waals surface area contributed by atoms with Crippen molar-refractivity contribution in [3.05, 3.63) is 23.0 Å². The van der Waals surface area contributed by atoms with E-state index in [2.05, 4.69) is 9.97 Å². The third-order valence-electron chi connectivity index (χ3n) is 3.31. The lowest BCUT2D eigenvalue weighted by Crippen LogP contribution is -1.97. The molecule has 0 aromatic carbocycles. The molecule has 2 aromatic rings. The lowest BCUT2D eigenvalue weighted by Gasteiger charge is -2.08. The van der Waals surface area contributed by atoms with Crippen molar-refractivity contribution in [3.8, 4) is 0 Å². The molecule has 1 saturated carbocycles. The summed E-state index contributed by atoms with van der Waals surface area (Å²) in [6, 6.07) is 1.72. The number of aromatic carboxylic acids is 1. The summed E-state index contributed by atoms with van der Waals surface area (Å²) in [4.78, 5) is 20.6. The second-order valence-corrected chi connectivity index (χ2v) is 5.41. The Morgan fingerprint density at radius 2 is 2.12 bits per heavy atom. The molecule has 2 aromatic heterocycles. The third kappa shape index (κ3) is 1.80. The van der Waals surface area contributed by atoms with Gasteiger partial charge in [0.25, 0.3) is 0 Å². The van der Waals surface area contributed by atoms with Crippen LogP contribution < -0.4 is 0 Å². The van der Waals surface area contributed by atoms with Gasteiger partial charge in [-0.1, -0.05) is 12.8 Å². The van der Waals surface area contributed by atoms with Gasteiger partial charge in [0.15, 0.2) is 0 Å². The van der Waals surface area contributed by atoms with Crippen molar-refractivity contribution in [2.45, 2.75) is 31.6 Å². The van der Waals surface area contributed by atoms with Gasteiger partial charge in [0.1, 0.15) is 16.0 Å². The van der Waals surface area contributed by atoms with E-state index in [1.807, 2.05) is 0 Å². The minimum Gasteiger partial charge on any atom is -0.477 e. The molecule has 0 saturated heterocycles. The van der Waals surface area contributed by atoms with Gasteiger partial charge in [0.2, 0.25) is 0 Å². The lowest BCUT2D eigenvalue weighted by atomic mass is 10.0. The number of hydrogen-bond donors (Lipinski definition) is 1. The van der Waals surface area contributed by atoms with Crippen LogP contribution in [0, 0.1) is 0 Å². The van der Waals surface area contributed by atoms with Gasteiger partial charge in [-0.3, -0.25) is 0 Å². The lowest BCUT2D eigenvalue weighted by molar-refractivity contribution is 0.0702. The maximum atomic E-state index is 11.0. The summed E-state index contributed by atoms with van der Waals surface area (Å²) in [6.45, 7) is 0. The average molecular weight is 248 g/mol. The molecule has 2 heterocycles. The third-order valence-corrected chi connectivity index (χ3v) is 4.34. The molecule has 1 aliphatic rings. The monoisotopic (exact) mass is 248 g/mol. The number of nitrogens with zero attached hydrogens (tertiary/aromatic N) is 2. The molecule has 0 amide bonds. The van der Waals surface area contributed by atoms with Gasteiger partial charge >= 0.3 is 5.97 Å². The smallest absolute Gasteiger partial charge is 0.345 e. The van der Waals surface area contributed by atoms with Crippen LogP contribution in [0.4, 0.5) is 0 Å². The fourth-order valence-electron chi connectivity index (χ4n) is 2.50. The molecule has 1 N–H and O–H groups in total. The van der Waals surface area contributed by atoms with Crippen molar-refractivity contribution in [1.82, 2.24) is 9.97 Å². The molecule has 0 atom stereocenters. The molecule has 4 nitrogen and oxygen atoms in total. The molecular weight excluding hydrogens is 236 g/mol. The zero-order valence-electron chi connectivity index (χ0n) is 9.22. The largest absolute Gasteiger partial charge is 0.477 e. The molecule has 5 heteroatoms. The van der Waals surface area contributed by atoms with E-state index in [9.17, 15) is 4.79 Å². The highest BCUT2D eigenvalue weighted by molar-refractivity contribution is 7.20. The number of hydrogen-bond acceptors (Lipinski definition) is 4. The molecule has 88 valence electrons. The zero-order chi connectivity index (χ0) is 11.8. The second-order valence-electron chi connectivity index (χ2n) is 4.37. The SMILES string of the molecule is O=C(O)c1cc2c(C3CCCC3)ncnc2s1. The van der Waals surface area contributed by atoms with Crippen LogP contribution in [0.2, 0.25) is 0 Å². The molecule has 0 aliphatic heterocycles. The Balaban J connectivity index is 2.14.